The summed E-state index contributed by atoms with van der Waals surface area (Å²) < 4.78 is 0. The fraction of sp³-hybridized carbons (Fsp3) is 0.500. The first-order valence-corrected chi connectivity index (χ1v) is 5.88. The molecular weight excluding hydrogens is 182 g/mol. The summed E-state index contributed by atoms with van der Waals surface area (Å²) in [5, 5.41) is 0. The first-order chi connectivity index (χ1) is 7.27. The number of fused-ring (bicyclic) bond motifs is 1. The number of rotatable bonds is 0. The lowest BCUT2D eigenvalue weighted by Gasteiger charge is -2.06. The summed E-state index contributed by atoms with van der Waals surface area (Å²) in [7, 11) is 0. The van der Waals surface area contributed by atoms with Crippen LogP contribution in [-0.4, -0.2) is 12.3 Å². The van der Waals surface area contributed by atoms with E-state index in [1.165, 1.54) is 35.2 Å². The second-order valence-corrected chi connectivity index (χ2v) is 3.73. The fourth-order valence-electron chi connectivity index (χ4n) is 1.85. The quantitative estimate of drug-likeness (QED) is 0.608. The Morgan fingerprint density at radius 1 is 1.13 bits per heavy atom. The smallest absolute Gasteiger partial charge is 0.0395 e. The molecule has 0 saturated heterocycles. The molecule has 0 aliphatic carbocycles. The Morgan fingerprint density at radius 3 is 2.60 bits per heavy atom. The Kier molecular flexibility index (Phi) is 4.54. The molecule has 0 amide bonds. The SMILES string of the molecule is CC.CC1=NCCCc2ccc(C)cc21. The summed E-state index contributed by atoms with van der Waals surface area (Å²) in [5.74, 6) is 0. The van der Waals surface area contributed by atoms with Crippen molar-refractivity contribution in [1.29, 1.82) is 0 Å². The predicted molar refractivity (Wildman–Crippen MR) is 67.9 cm³/mol. The van der Waals surface area contributed by atoms with Gasteiger partial charge in [-0.05, 0) is 43.9 Å². The number of benzene rings is 1. The van der Waals surface area contributed by atoms with Crippen LogP contribution in [0.25, 0.3) is 0 Å². The maximum atomic E-state index is 4.52. The zero-order chi connectivity index (χ0) is 11.3. The summed E-state index contributed by atoms with van der Waals surface area (Å²) in [6.45, 7) is 9.24. The molecule has 0 bridgehead atoms. The van der Waals surface area contributed by atoms with Gasteiger partial charge in [0, 0.05) is 12.3 Å². The van der Waals surface area contributed by atoms with Gasteiger partial charge in [0.1, 0.15) is 0 Å². The van der Waals surface area contributed by atoms with Gasteiger partial charge in [-0.15, -0.1) is 0 Å². The number of aryl methyl sites for hydroxylation is 2. The van der Waals surface area contributed by atoms with Crippen LogP contribution >= 0.6 is 0 Å². The number of nitrogens with zero attached hydrogens (tertiary/aromatic N) is 1. The molecule has 0 fully saturated rings. The predicted octanol–water partition coefficient (Wildman–Crippen LogP) is 3.78. The van der Waals surface area contributed by atoms with Crippen molar-refractivity contribution in [2.45, 2.75) is 40.5 Å². The van der Waals surface area contributed by atoms with E-state index in [2.05, 4.69) is 37.0 Å². The molecule has 0 spiro atoms. The van der Waals surface area contributed by atoms with Gasteiger partial charge < -0.3 is 0 Å². The average molecular weight is 203 g/mol. The molecule has 15 heavy (non-hydrogen) atoms. The summed E-state index contributed by atoms with van der Waals surface area (Å²) >= 11 is 0. The van der Waals surface area contributed by atoms with Gasteiger partial charge in [0.05, 0.1) is 0 Å². The molecule has 1 heteroatoms. The molecule has 1 nitrogen and oxygen atoms in total. The van der Waals surface area contributed by atoms with Crippen LogP contribution in [0.15, 0.2) is 23.2 Å². The second kappa shape index (κ2) is 5.69. The minimum atomic E-state index is 0.986. The lowest BCUT2D eigenvalue weighted by molar-refractivity contribution is 0.844. The zero-order valence-corrected chi connectivity index (χ0v) is 10.3. The average Bonchev–Trinajstić information content (AvgIpc) is 2.44. The number of hydrogen-bond donors (Lipinski definition) is 0. The maximum absolute atomic E-state index is 4.52. The summed E-state index contributed by atoms with van der Waals surface area (Å²) in [6, 6.07) is 6.69. The van der Waals surface area contributed by atoms with Crippen LogP contribution < -0.4 is 0 Å². The summed E-state index contributed by atoms with van der Waals surface area (Å²) in [6.07, 6.45) is 2.36. The third-order valence-electron chi connectivity index (χ3n) is 2.61. The van der Waals surface area contributed by atoms with Gasteiger partial charge in [0.25, 0.3) is 0 Å². The van der Waals surface area contributed by atoms with Gasteiger partial charge in [-0.25, -0.2) is 0 Å². The van der Waals surface area contributed by atoms with Crippen LogP contribution in [0, 0.1) is 6.92 Å². The van der Waals surface area contributed by atoms with Crippen molar-refractivity contribution in [1.82, 2.24) is 0 Å². The van der Waals surface area contributed by atoms with E-state index < -0.39 is 0 Å². The first-order valence-electron chi connectivity index (χ1n) is 5.88. The lowest BCUT2D eigenvalue weighted by Crippen LogP contribution is -1.98. The Bertz CT molecular complexity index is 350. The molecule has 82 valence electrons. The molecule has 0 radical (unpaired) electrons. The highest BCUT2D eigenvalue weighted by molar-refractivity contribution is 6.00. The van der Waals surface area contributed by atoms with Crippen LogP contribution in [0.1, 0.15) is 43.9 Å². The Hall–Kier alpha value is -1.11. The maximum Gasteiger partial charge on any atom is 0.0395 e. The van der Waals surface area contributed by atoms with Crippen LogP contribution in [0.5, 0.6) is 0 Å². The molecule has 1 aromatic carbocycles. The van der Waals surface area contributed by atoms with Gasteiger partial charge in [0.2, 0.25) is 0 Å². The van der Waals surface area contributed by atoms with Gasteiger partial charge >= 0.3 is 0 Å². The fourth-order valence-corrected chi connectivity index (χ4v) is 1.85. The van der Waals surface area contributed by atoms with Crippen LogP contribution in [0.2, 0.25) is 0 Å². The lowest BCUT2D eigenvalue weighted by atomic mass is 9.99. The molecule has 1 aliphatic rings. The van der Waals surface area contributed by atoms with E-state index in [-0.39, 0.29) is 0 Å². The highest BCUT2D eigenvalue weighted by Gasteiger charge is 2.08. The van der Waals surface area contributed by atoms with Crippen molar-refractivity contribution in [2.75, 3.05) is 6.54 Å². The van der Waals surface area contributed by atoms with Gasteiger partial charge in [-0.2, -0.15) is 0 Å². The van der Waals surface area contributed by atoms with Gasteiger partial charge in [-0.3, -0.25) is 4.99 Å². The van der Waals surface area contributed by atoms with E-state index in [1.54, 1.807) is 0 Å². The first kappa shape index (κ1) is 12.0. The molecule has 2 rings (SSSR count). The zero-order valence-electron chi connectivity index (χ0n) is 10.3. The van der Waals surface area contributed by atoms with E-state index in [1.807, 2.05) is 13.8 Å². The number of aliphatic imine (C=N–C) groups is 1. The largest absolute Gasteiger partial charge is 0.289 e. The van der Waals surface area contributed by atoms with E-state index >= 15 is 0 Å². The van der Waals surface area contributed by atoms with Crippen molar-refractivity contribution in [3.63, 3.8) is 0 Å². The minimum Gasteiger partial charge on any atom is -0.289 e. The minimum absolute atomic E-state index is 0.986. The van der Waals surface area contributed by atoms with Gasteiger partial charge in [0.15, 0.2) is 0 Å². The van der Waals surface area contributed by atoms with Crippen molar-refractivity contribution in [2.24, 2.45) is 4.99 Å². The molecule has 1 heterocycles. The van der Waals surface area contributed by atoms with Crippen molar-refractivity contribution >= 4 is 5.71 Å². The van der Waals surface area contributed by atoms with E-state index in [0.717, 1.165) is 6.54 Å². The van der Waals surface area contributed by atoms with Crippen molar-refractivity contribution < 1.29 is 0 Å². The Balaban J connectivity index is 0.000000531. The third kappa shape index (κ3) is 2.92. The van der Waals surface area contributed by atoms with E-state index in [0.29, 0.717) is 0 Å². The second-order valence-electron chi connectivity index (χ2n) is 3.73. The molecular formula is C14H21N. The standard InChI is InChI=1S/C12H15N.C2H6/c1-9-5-6-11-4-3-7-13-10(2)12(11)8-9;1-2/h5-6,8H,3-4,7H2,1-2H3;1-2H3. The topological polar surface area (TPSA) is 12.4 Å². The molecule has 1 aromatic rings. The van der Waals surface area contributed by atoms with Gasteiger partial charge in [-0.1, -0.05) is 31.5 Å². The van der Waals surface area contributed by atoms with Crippen molar-refractivity contribution in [3.05, 3.63) is 34.9 Å². The third-order valence-corrected chi connectivity index (χ3v) is 2.61. The highest BCUT2D eigenvalue weighted by atomic mass is 14.7. The highest BCUT2D eigenvalue weighted by Crippen LogP contribution is 2.17. The molecule has 0 atom stereocenters. The summed E-state index contributed by atoms with van der Waals surface area (Å²) in [5.41, 5.74) is 5.35. The number of hydrogen-bond acceptors (Lipinski definition) is 1. The molecule has 0 N–H and O–H groups in total. The van der Waals surface area contributed by atoms with E-state index in [4.69, 9.17) is 0 Å². The molecule has 0 unspecified atom stereocenters. The van der Waals surface area contributed by atoms with Crippen molar-refractivity contribution in [3.8, 4) is 0 Å². The van der Waals surface area contributed by atoms with Crippen LogP contribution in [0.4, 0.5) is 0 Å². The van der Waals surface area contributed by atoms with Crippen LogP contribution in [0.3, 0.4) is 0 Å². The molecule has 0 saturated carbocycles. The normalized spacial score (nSPS) is 14.3. The summed E-state index contributed by atoms with van der Waals surface area (Å²) in [4.78, 5) is 4.52. The van der Waals surface area contributed by atoms with E-state index in [9.17, 15) is 0 Å². The molecule has 0 aromatic heterocycles. The monoisotopic (exact) mass is 203 g/mol. The Morgan fingerprint density at radius 2 is 1.87 bits per heavy atom. The molecule has 1 aliphatic heterocycles. The van der Waals surface area contributed by atoms with Crippen LogP contribution in [-0.2, 0) is 6.42 Å². The Labute approximate surface area is 93.2 Å².